The minimum atomic E-state index is 0.241. The first-order chi connectivity index (χ1) is 15.1. The van der Waals surface area contributed by atoms with Gasteiger partial charge in [0.15, 0.2) is 0 Å². The second kappa shape index (κ2) is 9.87. The highest BCUT2D eigenvalue weighted by molar-refractivity contribution is 7.21. The van der Waals surface area contributed by atoms with Gasteiger partial charge < -0.3 is 15.7 Å². The number of pyridine rings is 1. The fourth-order valence-electron chi connectivity index (χ4n) is 3.98. The van der Waals surface area contributed by atoms with Crippen molar-refractivity contribution in [3.8, 4) is 10.6 Å². The van der Waals surface area contributed by atoms with Crippen LogP contribution in [0.15, 0.2) is 12.3 Å². The zero-order valence-electron chi connectivity index (χ0n) is 18.6. The Labute approximate surface area is 187 Å². The van der Waals surface area contributed by atoms with E-state index in [2.05, 4.69) is 22.5 Å². The Morgan fingerprint density at radius 1 is 1.16 bits per heavy atom. The van der Waals surface area contributed by atoms with E-state index in [0.717, 1.165) is 63.8 Å². The van der Waals surface area contributed by atoms with Crippen LogP contribution in [0.3, 0.4) is 0 Å². The lowest BCUT2D eigenvalue weighted by Gasteiger charge is -2.27. The fraction of sp³-hybridized carbons (Fsp3) is 0.565. The van der Waals surface area contributed by atoms with Gasteiger partial charge in [0, 0.05) is 25.4 Å². The highest BCUT2D eigenvalue weighted by atomic mass is 32.1. The van der Waals surface area contributed by atoms with Gasteiger partial charge in [-0.15, -0.1) is 11.3 Å². The SMILES string of the molecule is CCC(CCO)CCNc1nc(NC2CCC2)nc(C)c1-c1nc2c(C)nccc2s1. The summed E-state index contributed by atoms with van der Waals surface area (Å²) in [7, 11) is 0. The molecule has 1 aliphatic rings. The normalized spacial score (nSPS) is 15.1. The predicted octanol–water partition coefficient (Wildman–Crippen LogP) is 4.94. The van der Waals surface area contributed by atoms with E-state index in [4.69, 9.17) is 15.0 Å². The van der Waals surface area contributed by atoms with E-state index in [0.29, 0.717) is 17.9 Å². The van der Waals surface area contributed by atoms with Crippen molar-refractivity contribution >= 4 is 33.3 Å². The van der Waals surface area contributed by atoms with Crippen LogP contribution in [-0.4, -0.2) is 44.2 Å². The molecule has 1 unspecified atom stereocenters. The van der Waals surface area contributed by atoms with Crippen molar-refractivity contribution in [1.82, 2.24) is 19.9 Å². The Morgan fingerprint density at radius 3 is 2.68 bits per heavy atom. The summed E-state index contributed by atoms with van der Waals surface area (Å²) in [5.74, 6) is 2.03. The summed E-state index contributed by atoms with van der Waals surface area (Å²) in [5.41, 5.74) is 3.77. The number of thiazole rings is 1. The maximum Gasteiger partial charge on any atom is 0.225 e. The predicted molar refractivity (Wildman–Crippen MR) is 128 cm³/mol. The molecule has 31 heavy (non-hydrogen) atoms. The molecule has 3 aromatic heterocycles. The second-order valence-electron chi connectivity index (χ2n) is 8.39. The first-order valence-electron chi connectivity index (χ1n) is 11.3. The zero-order valence-corrected chi connectivity index (χ0v) is 19.4. The molecule has 1 aliphatic carbocycles. The summed E-state index contributed by atoms with van der Waals surface area (Å²) in [6.45, 7) is 7.25. The molecule has 8 heteroatoms. The van der Waals surface area contributed by atoms with Gasteiger partial charge in [-0.3, -0.25) is 4.98 Å². The molecule has 7 nitrogen and oxygen atoms in total. The van der Waals surface area contributed by atoms with Crippen molar-refractivity contribution in [3.63, 3.8) is 0 Å². The molecule has 1 fully saturated rings. The number of hydrogen-bond acceptors (Lipinski definition) is 8. The molecule has 0 spiro atoms. The maximum absolute atomic E-state index is 9.29. The average Bonchev–Trinajstić information content (AvgIpc) is 3.15. The summed E-state index contributed by atoms with van der Waals surface area (Å²) in [5, 5.41) is 17.3. The molecule has 0 radical (unpaired) electrons. The molecule has 3 N–H and O–H groups in total. The molecule has 4 rings (SSSR count). The third-order valence-corrected chi connectivity index (χ3v) is 7.23. The van der Waals surface area contributed by atoms with Crippen molar-refractivity contribution in [2.45, 2.75) is 65.3 Å². The minimum absolute atomic E-state index is 0.241. The molecule has 0 bridgehead atoms. The van der Waals surface area contributed by atoms with Gasteiger partial charge in [0.25, 0.3) is 0 Å². The number of aryl methyl sites for hydroxylation is 2. The first-order valence-corrected chi connectivity index (χ1v) is 12.1. The Hall–Kier alpha value is -2.32. The number of fused-ring (bicyclic) bond motifs is 1. The minimum Gasteiger partial charge on any atom is -0.396 e. The Kier molecular flexibility index (Phi) is 6.97. The molecule has 0 aromatic carbocycles. The fourth-order valence-corrected chi connectivity index (χ4v) is 5.09. The number of aromatic nitrogens is 4. The molecule has 1 atom stereocenters. The molecule has 3 aromatic rings. The first kappa shape index (κ1) is 21.9. The largest absolute Gasteiger partial charge is 0.396 e. The van der Waals surface area contributed by atoms with Gasteiger partial charge in [-0.2, -0.15) is 4.98 Å². The van der Waals surface area contributed by atoms with Gasteiger partial charge in [-0.25, -0.2) is 9.97 Å². The van der Waals surface area contributed by atoms with Gasteiger partial charge in [-0.05, 0) is 57.9 Å². The molecule has 0 amide bonds. The van der Waals surface area contributed by atoms with Crippen LogP contribution in [0.1, 0.15) is 56.8 Å². The second-order valence-corrected chi connectivity index (χ2v) is 9.42. The van der Waals surface area contributed by atoms with Gasteiger partial charge >= 0.3 is 0 Å². The zero-order chi connectivity index (χ0) is 21.8. The van der Waals surface area contributed by atoms with E-state index >= 15 is 0 Å². The van der Waals surface area contributed by atoms with Crippen LogP contribution in [-0.2, 0) is 0 Å². The molecular formula is C23H32N6OS. The monoisotopic (exact) mass is 440 g/mol. The summed E-state index contributed by atoms with van der Waals surface area (Å²) in [4.78, 5) is 18.9. The lowest BCUT2D eigenvalue weighted by Crippen LogP contribution is -2.28. The maximum atomic E-state index is 9.29. The summed E-state index contributed by atoms with van der Waals surface area (Å²) >= 11 is 1.66. The standard InChI is InChI=1S/C23H32N6OS/c1-4-16(10-13-30)8-11-25-21-19(14(2)26-23(29-21)27-17-6-5-7-17)22-28-20-15(3)24-12-9-18(20)31-22/h9,12,16-17,30H,4-8,10-11,13H2,1-3H3,(H2,25,26,27,29). The van der Waals surface area contributed by atoms with Crippen LogP contribution in [0.25, 0.3) is 20.8 Å². The lowest BCUT2D eigenvalue weighted by molar-refractivity contribution is 0.251. The highest BCUT2D eigenvalue weighted by Crippen LogP contribution is 2.37. The molecule has 0 aliphatic heterocycles. The van der Waals surface area contributed by atoms with E-state index in [-0.39, 0.29) is 6.61 Å². The molecule has 1 saturated carbocycles. The number of nitrogens with zero attached hydrogens (tertiary/aromatic N) is 4. The van der Waals surface area contributed by atoms with Crippen LogP contribution in [0, 0.1) is 19.8 Å². The number of aliphatic hydroxyl groups excluding tert-OH is 1. The van der Waals surface area contributed by atoms with Crippen molar-refractivity contribution in [2.24, 2.45) is 5.92 Å². The van der Waals surface area contributed by atoms with Gasteiger partial charge in [-0.1, -0.05) is 13.3 Å². The molecule has 166 valence electrons. The number of hydrogen-bond donors (Lipinski definition) is 3. The molecule has 3 heterocycles. The van der Waals surface area contributed by atoms with Gasteiger partial charge in [0.05, 0.1) is 21.7 Å². The number of rotatable bonds is 10. The van der Waals surface area contributed by atoms with Crippen LogP contribution in [0.4, 0.5) is 11.8 Å². The van der Waals surface area contributed by atoms with E-state index in [1.165, 1.54) is 19.3 Å². The lowest BCUT2D eigenvalue weighted by atomic mass is 9.93. The van der Waals surface area contributed by atoms with Crippen molar-refractivity contribution in [3.05, 3.63) is 23.7 Å². The topological polar surface area (TPSA) is 95.8 Å². The number of nitrogens with one attached hydrogen (secondary N) is 2. The Balaban J connectivity index is 1.65. The third kappa shape index (κ3) is 4.96. The summed E-state index contributed by atoms with van der Waals surface area (Å²) < 4.78 is 1.12. The number of aliphatic hydroxyl groups is 1. The smallest absolute Gasteiger partial charge is 0.225 e. The van der Waals surface area contributed by atoms with Gasteiger partial charge in [0.1, 0.15) is 16.3 Å². The number of anilines is 2. The van der Waals surface area contributed by atoms with Crippen molar-refractivity contribution in [1.29, 1.82) is 0 Å². The Bertz CT molecular complexity index is 1030. The highest BCUT2D eigenvalue weighted by Gasteiger charge is 2.22. The van der Waals surface area contributed by atoms with E-state index in [1.807, 2.05) is 26.1 Å². The summed E-state index contributed by atoms with van der Waals surface area (Å²) in [6.07, 6.45) is 8.35. The van der Waals surface area contributed by atoms with E-state index < -0.39 is 0 Å². The summed E-state index contributed by atoms with van der Waals surface area (Å²) in [6, 6.07) is 2.49. The Morgan fingerprint density at radius 2 is 2.00 bits per heavy atom. The van der Waals surface area contributed by atoms with Crippen LogP contribution in [0.5, 0.6) is 0 Å². The van der Waals surface area contributed by atoms with Crippen LogP contribution in [0.2, 0.25) is 0 Å². The quantitative estimate of drug-likeness (QED) is 0.411. The average molecular weight is 441 g/mol. The van der Waals surface area contributed by atoms with Crippen molar-refractivity contribution < 1.29 is 5.11 Å². The molecule has 0 saturated heterocycles. The van der Waals surface area contributed by atoms with Crippen LogP contribution >= 0.6 is 11.3 Å². The van der Waals surface area contributed by atoms with E-state index in [9.17, 15) is 5.11 Å². The molecular weight excluding hydrogens is 408 g/mol. The van der Waals surface area contributed by atoms with E-state index in [1.54, 1.807) is 11.3 Å². The van der Waals surface area contributed by atoms with Crippen LogP contribution < -0.4 is 10.6 Å². The third-order valence-electron chi connectivity index (χ3n) is 6.19. The van der Waals surface area contributed by atoms with Gasteiger partial charge in [0.2, 0.25) is 5.95 Å². The van der Waals surface area contributed by atoms with Crippen molar-refractivity contribution in [2.75, 3.05) is 23.8 Å².